The number of fused-ring (bicyclic) bond motifs is 1. The van der Waals surface area contributed by atoms with Crippen molar-refractivity contribution in [3.05, 3.63) is 65.4 Å². The summed E-state index contributed by atoms with van der Waals surface area (Å²) in [6, 6.07) is 14.9. The lowest BCUT2D eigenvalue weighted by Crippen LogP contribution is -2.01. The molecule has 0 aliphatic heterocycles. The minimum atomic E-state index is -1.05. The number of hydrogen-bond acceptors (Lipinski definition) is 7. The minimum absolute atomic E-state index is 0.0193. The summed E-state index contributed by atoms with van der Waals surface area (Å²) in [6.45, 7) is 2.53. The van der Waals surface area contributed by atoms with Gasteiger partial charge in [-0.05, 0) is 42.3 Å². The normalized spacial score (nSPS) is 10.8. The van der Waals surface area contributed by atoms with Gasteiger partial charge in [-0.3, -0.25) is 0 Å². The lowest BCUT2D eigenvalue weighted by molar-refractivity contribution is 0.0691. The number of hydrogen-bond donors (Lipinski definition) is 2. The Morgan fingerprint density at radius 1 is 1.10 bits per heavy atom. The van der Waals surface area contributed by atoms with E-state index in [1.807, 2.05) is 43.3 Å². The fraction of sp³-hybridized carbons (Fsp3) is 0.143. The van der Waals surface area contributed by atoms with Gasteiger partial charge in [0.05, 0.1) is 12.6 Å². The first-order valence-electron chi connectivity index (χ1n) is 8.89. The first-order valence-corrected chi connectivity index (χ1v) is 9.67. The number of anilines is 1. The molecule has 2 N–H and O–H groups in total. The Balaban J connectivity index is 1.59. The van der Waals surface area contributed by atoms with Crippen LogP contribution in [0.25, 0.3) is 22.3 Å². The summed E-state index contributed by atoms with van der Waals surface area (Å²) in [5.74, 6) is 0.355. The van der Waals surface area contributed by atoms with Crippen molar-refractivity contribution in [2.45, 2.75) is 13.5 Å². The second kappa shape index (κ2) is 7.84. The number of benzene rings is 2. The summed E-state index contributed by atoms with van der Waals surface area (Å²) in [5.41, 5.74) is 3.49. The number of carbonyl (C=O) groups is 1. The third kappa shape index (κ3) is 3.88. The predicted molar refractivity (Wildman–Crippen MR) is 113 cm³/mol. The number of aromatic nitrogens is 3. The van der Waals surface area contributed by atoms with E-state index < -0.39 is 5.97 Å². The van der Waals surface area contributed by atoms with Crippen molar-refractivity contribution in [3.63, 3.8) is 0 Å². The van der Waals surface area contributed by atoms with Crippen LogP contribution in [-0.4, -0.2) is 32.5 Å². The molecule has 0 atom stereocenters. The van der Waals surface area contributed by atoms with Crippen LogP contribution in [0.2, 0.25) is 0 Å². The number of aromatic carboxylic acids is 1. The Morgan fingerprint density at radius 3 is 2.62 bits per heavy atom. The minimum Gasteiger partial charge on any atom is -0.497 e. The SMILES string of the molecule is COc1ccc(CNc2nc(-c3ccc(C)c4nc(C(=O)O)ccc34)ns2)cc1. The van der Waals surface area contributed by atoms with Gasteiger partial charge in [-0.1, -0.05) is 24.3 Å². The molecule has 0 radical (unpaired) electrons. The van der Waals surface area contributed by atoms with E-state index in [4.69, 9.17) is 4.74 Å². The molecule has 2 aromatic carbocycles. The molecule has 146 valence electrons. The second-order valence-corrected chi connectivity index (χ2v) is 7.20. The zero-order valence-corrected chi connectivity index (χ0v) is 16.7. The molecule has 0 aliphatic rings. The van der Waals surface area contributed by atoms with E-state index in [0.717, 1.165) is 27.8 Å². The van der Waals surface area contributed by atoms with Crippen molar-refractivity contribution in [2.24, 2.45) is 0 Å². The number of nitrogens with zero attached hydrogens (tertiary/aromatic N) is 3. The molecular weight excluding hydrogens is 388 g/mol. The highest BCUT2D eigenvalue weighted by Crippen LogP contribution is 2.30. The van der Waals surface area contributed by atoms with E-state index in [1.165, 1.54) is 17.6 Å². The highest BCUT2D eigenvalue weighted by Gasteiger charge is 2.14. The number of ether oxygens (including phenoxy) is 1. The van der Waals surface area contributed by atoms with Gasteiger partial charge in [0.2, 0.25) is 5.13 Å². The maximum atomic E-state index is 11.2. The van der Waals surface area contributed by atoms with Crippen molar-refractivity contribution in [1.29, 1.82) is 0 Å². The van der Waals surface area contributed by atoms with Crippen LogP contribution >= 0.6 is 11.5 Å². The molecule has 2 aromatic heterocycles. The molecule has 0 bridgehead atoms. The van der Waals surface area contributed by atoms with Crippen LogP contribution in [0.3, 0.4) is 0 Å². The monoisotopic (exact) mass is 406 g/mol. The number of pyridine rings is 1. The van der Waals surface area contributed by atoms with E-state index in [1.54, 1.807) is 13.2 Å². The van der Waals surface area contributed by atoms with Gasteiger partial charge in [-0.2, -0.15) is 9.36 Å². The van der Waals surface area contributed by atoms with Crippen LogP contribution in [0.15, 0.2) is 48.5 Å². The van der Waals surface area contributed by atoms with Crippen LogP contribution in [0.1, 0.15) is 21.6 Å². The van der Waals surface area contributed by atoms with Crippen molar-refractivity contribution >= 4 is 33.5 Å². The van der Waals surface area contributed by atoms with Crippen LogP contribution in [0, 0.1) is 6.92 Å². The molecule has 8 heteroatoms. The highest BCUT2D eigenvalue weighted by atomic mass is 32.1. The average molecular weight is 406 g/mol. The van der Waals surface area contributed by atoms with Crippen LogP contribution in [0.4, 0.5) is 5.13 Å². The van der Waals surface area contributed by atoms with Gasteiger partial charge in [-0.25, -0.2) is 9.78 Å². The van der Waals surface area contributed by atoms with E-state index in [9.17, 15) is 9.90 Å². The number of methoxy groups -OCH3 is 1. The molecule has 2 heterocycles. The zero-order chi connectivity index (χ0) is 20.4. The Bertz CT molecular complexity index is 1190. The van der Waals surface area contributed by atoms with Crippen molar-refractivity contribution in [3.8, 4) is 17.1 Å². The smallest absolute Gasteiger partial charge is 0.354 e. The van der Waals surface area contributed by atoms with Gasteiger partial charge < -0.3 is 15.2 Å². The molecule has 7 nitrogen and oxygen atoms in total. The molecule has 4 aromatic rings. The largest absolute Gasteiger partial charge is 0.497 e. The topological polar surface area (TPSA) is 97.2 Å². The van der Waals surface area contributed by atoms with E-state index in [-0.39, 0.29) is 5.69 Å². The number of carboxylic acid groups (broad SMARTS) is 1. The second-order valence-electron chi connectivity index (χ2n) is 6.45. The molecule has 0 amide bonds. The summed E-state index contributed by atoms with van der Waals surface area (Å²) < 4.78 is 9.64. The van der Waals surface area contributed by atoms with E-state index in [2.05, 4.69) is 19.7 Å². The maximum absolute atomic E-state index is 11.2. The zero-order valence-electron chi connectivity index (χ0n) is 15.8. The van der Waals surface area contributed by atoms with Gasteiger partial charge in [0.1, 0.15) is 11.4 Å². The van der Waals surface area contributed by atoms with Gasteiger partial charge in [0.25, 0.3) is 0 Å². The molecular formula is C21H18N4O3S. The van der Waals surface area contributed by atoms with E-state index >= 15 is 0 Å². The Kier molecular flexibility index (Phi) is 5.09. The number of nitrogens with one attached hydrogen (secondary N) is 1. The quantitative estimate of drug-likeness (QED) is 0.490. The summed E-state index contributed by atoms with van der Waals surface area (Å²) in [7, 11) is 1.64. The third-order valence-electron chi connectivity index (χ3n) is 4.55. The molecule has 29 heavy (non-hydrogen) atoms. The van der Waals surface area contributed by atoms with Crippen molar-refractivity contribution < 1.29 is 14.6 Å². The number of aryl methyl sites for hydroxylation is 1. The summed E-state index contributed by atoms with van der Waals surface area (Å²) in [6.07, 6.45) is 0. The first kappa shape index (κ1) is 18.8. The van der Waals surface area contributed by atoms with Gasteiger partial charge in [0, 0.05) is 29.0 Å². The lowest BCUT2D eigenvalue weighted by Gasteiger charge is -2.07. The summed E-state index contributed by atoms with van der Waals surface area (Å²) in [5, 5.41) is 14.0. The third-order valence-corrected chi connectivity index (χ3v) is 5.22. The first-order chi connectivity index (χ1) is 14.0. The molecule has 0 saturated heterocycles. The van der Waals surface area contributed by atoms with Gasteiger partial charge in [-0.15, -0.1) is 0 Å². The number of carboxylic acids is 1. The fourth-order valence-electron chi connectivity index (χ4n) is 2.99. The van der Waals surface area contributed by atoms with Gasteiger partial charge >= 0.3 is 5.97 Å². The summed E-state index contributed by atoms with van der Waals surface area (Å²) >= 11 is 1.28. The van der Waals surface area contributed by atoms with E-state index in [0.29, 0.717) is 23.0 Å². The molecule has 4 rings (SSSR count). The molecule has 0 saturated carbocycles. The molecule has 0 fully saturated rings. The molecule has 0 spiro atoms. The predicted octanol–water partition coefficient (Wildman–Crippen LogP) is 4.38. The average Bonchev–Trinajstić information content (AvgIpc) is 3.21. The Hall–Kier alpha value is -3.52. The van der Waals surface area contributed by atoms with Crippen LogP contribution in [-0.2, 0) is 6.54 Å². The maximum Gasteiger partial charge on any atom is 0.354 e. The molecule has 0 unspecified atom stereocenters. The lowest BCUT2D eigenvalue weighted by atomic mass is 10.0. The van der Waals surface area contributed by atoms with Crippen LogP contribution in [0.5, 0.6) is 5.75 Å². The Labute approximate surface area is 171 Å². The van der Waals surface area contributed by atoms with Gasteiger partial charge in [0.15, 0.2) is 5.82 Å². The standard InChI is InChI=1S/C21H18N4O3S/c1-12-3-8-16(15-9-10-17(20(26)27)23-18(12)15)19-24-21(29-25-19)22-11-13-4-6-14(28-2)7-5-13/h3-10H,11H2,1-2H3,(H,26,27)(H,22,24,25). The Morgan fingerprint density at radius 2 is 1.90 bits per heavy atom. The van der Waals surface area contributed by atoms with Crippen molar-refractivity contribution in [1.82, 2.24) is 14.3 Å². The van der Waals surface area contributed by atoms with Crippen LogP contribution < -0.4 is 10.1 Å². The molecule has 0 aliphatic carbocycles. The number of rotatable bonds is 6. The summed E-state index contributed by atoms with van der Waals surface area (Å²) in [4.78, 5) is 20.1. The fourth-order valence-corrected chi connectivity index (χ4v) is 3.57. The van der Waals surface area contributed by atoms with Crippen molar-refractivity contribution in [2.75, 3.05) is 12.4 Å². The highest BCUT2D eigenvalue weighted by molar-refractivity contribution is 7.09.